The van der Waals surface area contributed by atoms with E-state index in [0.717, 1.165) is 22.6 Å². The molecule has 0 saturated carbocycles. The fraction of sp³-hybridized carbons (Fsp3) is 0.333. The molecule has 0 saturated heterocycles. The summed E-state index contributed by atoms with van der Waals surface area (Å²) in [4.78, 5) is 0. The molecule has 0 spiro atoms. The molecule has 1 N–H and O–H groups in total. The van der Waals surface area contributed by atoms with Crippen molar-refractivity contribution in [2.75, 3.05) is 7.11 Å². The Kier molecular flexibility index (Phi) is 3.50. The number of fused-ring (bicyclic) bond motifs is 1. The van der Waals surface area contributed by atoms with Crippen LogP contribution < -0.4 is 9.47 Å². The molecule has 0 radical (unpaired) electrons. The number of hydrogen-bond acceptors (Lipinski definition) is 3. The molecule has 3 rings (SSSR count). The van der Waals surface area contributed by atoms with Crippen LogP contribution in [0.4, 0.5) is 0 Å². The molecule has 0 aliphatic carbocycles. The smallest absolute Gasteiger partial charge is 0.127 e. The first-order chi connectivity index (χ1) is 10.1. The maximum Gasteiger partial charge on any atom is 0.127 e. The molecule has 1 heterocycles. The third kappa shape index (κ3) is 2.44. The molecule has 0 bridgehead atoms. The Balaban J connectivity index is 1.95. The quantitative estimate of drug-likeness (QED) is 0.894. The molecule has 3 nitrogen and oxygen atoms in total. The lowest BCUT2D eigenvalue weighted by Gasteiger charge is -2.36. The molecular weight excluding hydrogens is 264 g/mol. The normalized spacial score (nSPS) is 24.0. The number of ether oxygens (including phenoxy) is 2. The highest BCUT2D eigenvalue weighted by Crippen LogP contribution is 2.46. The molecule has 1 unspecified atom stereocenters. The number of phenols is 1. The second-order valence-electron chi connectivity index (χ2n) is 5.68. The van der Waals surface area contributed by atoms with Gasteiger partial charge in [-0.05, 0) is 41.8 Å². The van der Waals surface area contributed by atoms with Gasteiger partial charge in [0.25, 0.3) is 0 Å². The lowest BCUT2D eigenvalue weighted by Crippen LogP contribution is -2.26. The number of rotatable bonds is 2. The fourth-order valence-corrected chi connectivity index (χ4v) is 2.95. The van der Waals surface area contributed by atoms with Crippen molar-refractivity contribution in [3.05, 3.63) is 53.6 Å². The Morgan fingerprint density at radius 1 is 1.05 bits per heavy atom. The van der Waals surface area contributed by atoms with Gasteiger partial charge in [0, 0.05) is 11.5 Å². The van der Waals surface area contributed by atoms with E-state index in [1.54, 1.807) is 19.2 Å². The van der Waals surface area contributed by atoms with Gasteiger partial charge in [-0.1, -0.05) is 26.0 Å². The zero-order valence-electron chi connectivity index (χ0n) is 12.5. The summed E-state index contributed by atoms with van der Waals surface area (Å²) in [5.74, 6) is 2.65. The summed E-state index contributed by atoms with van der Waals surface area (Å²) in [6.07, 6.45) is 0.0166. The summed E-state index contributed by atoms with van der Waals surface area (Å²) in [5.41, 5.74) is 2.22. The Morgan fingerprint density at radius 3 is 2.43 bits per heavy atom. The Bertz CT molecular complexity index is 633. The van der Waals surface area contributed by atoms with Crippen LogP contribution in [0.15, 0.2) is 42.5 Å². The predicted octanol–water partition coefficient (Wildman–Crippen LogP) is 4.27. The predicted molar refractivity (Wildman–Crippen MR) is 82.0 cm³/mol. The van der Waals surface area contributed by atoms with E-state index in [-0.39, 0.29) is 6.10 Å². The summed E-state index contributed by atoms with van der Waals surface area (Å²) < 4.78 is 11.4. The number of methoxy groups -OCH3 is 1. The molecular formula is C18H20O3. The van der Waals surface area contributed by atoms with E-state index in [1.807, 2.05) is 18.2 Å². The fourth-order valence-electron chi connectivity index (χ4n) is 2.95. The van der Waals surface area contributed by atoms with Gasteiger partial charge in [-0.15, -0.1) is 0 Å². The lowest BCUT2D eigenvalue weighted by molar-refractivity contribution is 0.106. The van der Waals surface area contributed by atoms with Gasteiger partial charge in [-0.3, -0.25) is 0 Å². The van der Waals surface area contributed by atoms with E-state index in [0.29, 0.717) is 17.6 Å². The van der Waals surface area contributed by atoms with Crippen molar-refractivity contribution in [2.24, 2.45) is 5.92 Å². The molecule has 0 amide bonds. The first-order valence-corrected chi connectivity index (χ1v) is 7.23. The lowest BCUT2D eigenvalue weighted by atomic mass is 9.80. The largest absolute Gasteiger partial charge is 0.508 e. The van der Waals surface area contributed by atoms with Gasteiger partial charge in [0.1, 0.15) is 23.4 Å². The van der Waals surface area contributed by atoms with Crippen LogP contribution in [0, 0.1) is 5.92 Å². The third-order valence-corrected chi connectivity index (χ3v) is 4.45. The topological polar surface area (TPSA) is 38.7 Å². The van der Waals surface area contributed by atoms with Crippen LogP contribution in [0.2, 0.25) is 0 Å². The van der Waals surface area contributed by atoms with E-state index in [9.17, 15) is 5.11 Å². The zero-order valence-corrected chi connectivity index (χ0v) is 12.5. The monoisotopic (exact) mass is 284 g/mol. The average molecular weight is 284 g/mol. The van der Waals surface area contributed by atoms with Gasteiger partial charge in [-0.2, -0.15) is 0 Å². The second kappa shape index (κ2) is 5.32. The van der Waals surface area contributed by atoms with Gasteiger partial charge in [-0.25, -0.2) is 0 Å². The van der Waals surface area contributed by atoms with Gasteiger partial charge >= 0.3 is 0 Å². The molecule has 0 fully saturated rings. The van der Waals surface area contributed by atoms with Crippen LogP contribution in [0.25, 0.3) is 0 Å². The van der Waals surface area contributed by atoms with Crippen molar-refractivity contribution in [1.29, 1.82) is 0 Å². The number of benzene rings is 2. The van der Waals surface area contributed by atoms with Crippen molar-refractivity contribution in [2.45, 2.75) is 25.9 Å². The molecule has 0 aromatic heterocycles. The van der Waals surface area contributed by atoms with Gasteiger partial charge in [0.15, 0.2) is 0 Å². The minimum absolute atomic E-state index is 0.0166. The Labute approximate surface area is 125 Å². The minimum Gasteiger partial charge on any atom is -0.508 e. The van der Waals surface area contributed by atoms with E-state index in [4.69, 9.17) is 9.47 Å². The Hall–Kier alpha value is -2.16. The standard InChI is InChI=1S/C18H20O3/c1-11-12(2)18(13-4-7-15(20-3)8-5-13)21-17-9-6-14(19)10-16(11)17/h4-12,18-19H,1-3H3/t11-,12?,18-/m1/s1. The van der Waals surface area contributed by atoms with Crippen molar-refractivity contribution in [3.8, 4) is 17.2 Å². The minimum atomic E-state index is 0.0166. The average Bonchev–Trinajstić information content (AvgIpc) is 2.51. The van der Waals surface area contributed by atoms with E-state index < -0.39 is 0 Å². The molecule has 3 heteroatoms. The SMILES string of the molecule is COc1ccc([C@@H]2Oc3ccc(O)cc3[C@H](C)C2C)cc1. The first-order valence-electron chi connectivity index (χ1n) is 7.23. The highest BCUT2D eigenvalue weighted by molar-refractivity contribution is 5.44. The molecule has 2 aromatic rings. The van der Waals surface area contributed by atoms with Gasteiger partial charge < -0.3 is 14.6 Å². The zero-order chi connectivity index (χ0) is 15.0. The molecule has 1 aliphatic heterocycles. The first kappa shape index (κ1) is 13.8. The summed E-state index contributed by atoms with van der Waals surface area (Å²) in [7, 11) is 1.67. The number of aromatic hydroxyl groups is 1. The van der Waals surface area contributed by atoms with E-state index in [2.05, 4.69) is 26.0 Å². The number of hydrogen-bond donors (Lipinski definition) is 1. The highest BCUT2D eigenvalue weighted by Gasteiger charge is 2.33. The van der Waals surface area contributed by atoms with Crippen molar-refractivity contribution < 1.29 is 14.6 Å². The van der Waals surface area contributed by atoms with E-state index >= 15 is 0 Å². The van der Waals surface area contributed by atoms with Crippen molar-refractivity contribution in [1.82, 2.24) is 0 Å². The van der Waals surface area contributed by atoms with Crippen molar-refractivity contribution >= 4 is 0 Å². The second-order valence-corrected chi connectivity index (χ2v) is 5.68. The van der Waals surface area contributed by atoms with Crippen LogP contribution in [0.3, 0.4) is 0 Å². The van der Waals surface area contributed by atoms with Crippen LogP contribution in [-0.4, -0.2) is 12.2 Å². The van der Waals surface area contributed by atoms with Crippen LogP contribution >= 0.6 is 0 Å². The summed E-state index contributed by atoms with van der Waals surface area (Å²) >= 11 is 0. The number of phenolic OH excluding ortho intramolecular Hbond substituents is 1. The van der Waals surface area contributed by atoms with Crippen molar-refractivity contribution in [3.63, 3.8) is 0 Å². The maximum atomic E-state index is 9.66. The van der Waals surface area contributed by atoms with Gasteiger partial charge in [0.2, 0.25) is 0 Å². The molecule has 21 heavy (non-hydrogen) atoms. The Morgan fingerprint density at radius 2 is 1.76 bits per heavy atom. The van der Waals surface area contributed by atoms with Crippen LogP contribution in [-0.2, 0) is 0 Å². The summed E-state index contributed by atoms with van der Waals surface area (Å²) in [6, 6.07) is 13.4. The summed E-state index contributed by atoms with van der Waals surface area (Å²) in [5, 5.41) is 9.66. The summed E-state index contributed by atoms with van der Waals surface area (Å²) in [6.45, 7) is 4.37. The highest BCUT2D eigenvalue weighted by atomic mass is 16.5. The molecule has 1 aliphatic rings. The molecule has 110 valence electrons. The maximum absolute atomic E-state index is 9.66. The van der Waals surface area contributed by atoms with Crippen LogP contribution in [0.1, 0.15) is 37.0 Å². The van der Waals surface area contributed by atoms with Gasteiger partial charge in [0.05, 0.1) is 7.11 Å². The van der Waals surface area contributed by atoms with E-state index in [1.165, 1.54) is 0 Å². The molecule has 3 atom stereocenters. The third-order valence-electron chi connectivity index (χ3n) is 4.45. The molecule has 2 aromatic carbocycles. The van der Waals surface area contributed by atoms with Crippen LogP contribution in [0.5, 0.6) is 17.2 Å².